The van der Waals surface area contributed by atoms with Gasteiger partial charge in [-0.25, -0.2) is 4.39 Å². The van der Waals surface area contributed by atoms with Gasteiger partial charge in [-0.05, 0) is 29.8 Å². The van der Waals surface area contributed by atoms with Gasteiger partial charge in [0.25, 0.3) is 0 Å². The normalized spacial score (nSPS) is 11.7. The highest BCUT2D eigenvalue weighted by Crippen LogP contribution is 2.22. The Morgan fingerprint density at radius 2 is 1.84 bits per heavy atom. The van der Waals surface area contributed by atoms with E-state index in [9.17, 15) is 4.39 Å². The van der Waals surface area contributed by atoms with Gasteiger partial charge in [-0.2, -0.15) is 0 Å². The molecule has 0 aromatic heterocycles. The standard InChI is InChI=1S/C14H9BrCl2FN/c15-10-6-4-9(5-7-10)8-19-14(17)13-11(16)2-1-3-12(13)18/h1-7H,8H2. The number of hydrogen-bond acceptors (Lipinski definition) is 1. The first kappa shape index (κ1) is 14.5. The molecule has 2 aromatic carbocycles. The van der Waals surface area contributed by atoms with Gasteiger partial charge >= 0.3 is 0 Å². The van der Waals surface area contributed by atoms with Crippen LogP contribution in [0.15, 0.2) is 51.9 Å². The number of halogens is 4. The Morgan fingerprint density at radius 1 is 1.16 bits per heavy atom. The average molecular weight is 361 g/mol. The molecule has 1 nitrogen and oxygen atoms in total. The predicted molar refractivity (Wildman–Crippen MR) is 81.6 cm³/mol. The quantitative estimate of drug-likeness (QED) is 0.647. The molecule has 0 aliphatic rings. The van der Waals surface area contributed by atoms with E-state index in [2.05, 4.69) is 20.9 Å². The van der Waals surface area contributed by atoms with Crippen LogP contribution in [0, 0.1) is 5.82 Å². The van der Waals surface area contributed by atoms with Gasteiger partial charge in [-0.1, -0.05) is 57.3 Å². The van der Waals surface area contributed by atoms with Crippen molar-refractivity contribution in [2.45, 2.75) is 6.54 Å². The maximum Gasteiger partial charge on any atom is 0.135 e. The minimum absolute atomic E-state index is 0.0750. The lowest BCUT2D eigenvalue weighted by Gasteiger charge is -2.04. The summed E-state index contributed by atoms with van der Waals surface area (Å²) in [6.45, 7) is 0.372. The molecule has 19 heavy (non-hydrogen) atoms. The maximum atomic E-state index is 13.6. The molecule has 2 aromatic rings. The summed E-state index contributed by atoms with van der Waals surface area (Å²) in [5.41, 5.74) is 1.12. The molecule has 5 heteroatoms. The van der Waals surface area contributed by atoms with Crippen molar-refractivity contribution >= 4 is 44.3 Å². The number of aliphatic imine (C=N–C) groups is 1. The summed E-state index contributed by atoms with van der Waals surface area (Å²) in [5, 5.41) is 0.329. The lowest BCUT2D eigenvalue weighted by atomic mass is 10.2. The first-order valence-electron chi connectivity index (χ1n) is 5.46. The largest absolute Gasteiger partial charge is 0.268 e. The van der Waals surface area contributed by atoms with E-state index in [1.54, 1.807) is 6.07 Å². The van der Waals surface area contributed by atoms with Crippen LogP contribution >= 0.6 is 39.1 Å². The predicted octanol–water partition coefficient (Wildman–Crippen LogP) is 5.43. The molecule has 0 saturated carbocycles. The van der Waals surface area contributed by atoms with Gasteiger partial charge in [0, 0.05) is 4.47 Å². The fourth-order valence-electron chi connectivity index (χ4n) is 1.52. The SMILES string of the molecule is Fc1cccc(Cl)c1C(Cl)=NCc1ccc(Br)cc1. The van der Waals surface area contributed by atoms with Crippen molar-refractivity contribution in [2.75, 3.05) is 0 Å². The van der Waals surface area contributed by atoms with Gasteiger partial charge in [-0.3, -0.25) is 4.99 Å². The van der Waals surface area contributed by atoms with Gasteiger partial charge in [0.15, 0.2) is 0 Å². The molecule has 0 aliphatic heterocycles. The molecule has 0 radical (unpaired) electrons. The third-order valence-electron chi connectivity index (χ3n) is 2.48. The lowest BCUT2D eigenvalue weighted by molar-refractivity contribution is 0.625. The molecule has 0 N–H and O–H groups in total. The van der Waals surface area contributed by atoms with Crippen LogP contribution in [0.2, 0.25) is 5.02 Å². The first-order chi connectivity index (χ1) is 9.08. The second-order valence-electron chi connectivity index (χ2n) is 3.83. The molecule has 0 atom stereocenters. The van der Waals surface area contributed by atoms with Crippen LogP contribution in [-0.2, 0) is 6.54 Å². The number of rotatable bonds is 3. The van der Waals surface area contributed by atoms with Crippen LogP contribution in [-0.4, -0.2) is 5.17 Å². The van der Waals surface area contributed by atoms with Crippen molar-refractivity contribution in [1.29, 1.82) is 0 Å². The summed E-state index contributed by atoms with van der Waals surface area (Å²) >= 11 is 15.3. The van der Waals surface area contributed by atoms with Crippen molar-refractivity contribution in [1.82, 2.24) is 0 Å². The molecule has 0 saturated heterocycles. The van der Waals surface area contributed by atoms with Crippen molar-refractivity contribution < 1.29 is 4.39 Å². The Hall–Kier alpha value is -0.900. The zero-order valence-corrected chi connectivity index (χ0v) is 12.8. The smallest absolute Gasteiger partial charge is 0.135 e. The molecule has 0 amide bonds. The van der Waals surface area contributed by atoms with Crippen LogP contribution in [0.4, 0.5) is 4.39 Å². The maximum absolute atomic E-state index is 13.6. The fourth-order valence-corrected chi connectivity index (χ4v) is 2.34. The summed E-state index contributed by atoms with van der Waals surface area (Å²) in [6.07, 6.45) is 0. The van der Waals surface area contributed by atoms with Gasteiger partial charge in [0.05, 0.1) is 17.1 Å². The minimum Gasteiger partial charge on any atom is -0.268 e. The molecular weight excluding hydrogens is 352 g/mol. The van der Waals surface area contributed by atoms with Gasteiger partial charge in [0.2, 0.25) is 0 Å². The van der Waals surface area contributed by atoms with E-state index in [-0.39, 0.29) is 15.8 Å². The molecule has 0 bridgehead atoms. The second-order valence-corrected chi connectivity index (χ2v) is 5.51. The van der Waals surface area contributed by atoms with Crippen LogP contribution in [0.3, 0.4) is 0 Å². The number of nitrogens with zero attached hydrogens (tertiary/aromatic N) is 1. The highest BCUT2D eigenvalue weighted by molar-refractivity contribution is 9.10. The summed E-state index contributed by atoms with van der Waals surface area (Å²) in [6, 6.07) is 12.1. The summed E-state index contributed by atoms with van der Waals surface area (Å²) in [7, 11) is 0. The van der Waals surface area contributed by atoms with Gasteiger partial charge in [0.1, 0.15) is 11.0 Å². The van der Waals surface area contributed by atoms with Crippen molar-refractivity contribution in [2.24, 2.45) is 4.99 Å². The van der Waals surface area contributed by atoms with Crippen molar-refractivity contribution in [3.8, 4) is 0 Å². The molecule has 0 fully saturated rings. The Kier molecular flexibility index (Phi) is 4.97. The Labute approximate surface area is 129 Å². The molecule has 0 unspecified atom stereocenters. The van der Waals surface area contributed by atoms with E-state index >= 15 is 0 Å². The first-order valence-corrected chi connectivity index (χ1v) is 7.01. The monoisotopic (exact) mass is 359 g/mol. The van der Waals surface area contributed by atoms with Crippen LogP contribution in [0.1, 0.15) is 11.1 Å². The molecule has 0 spiro atoms. The number of benzene rings is 2. The van der Waals surface area contributed by atoms with E-state index in [0.29, 0.717) is 6.54 Å². The third kappa shape index (κ3) is 3.78. The van der Waals surface area contributed by atoms with Crippen molar-refractivity contribution in [3.05, 3.63) is 68.9 Å². The minimum atomic E-state index is -0.475. The summed E-state index contributed by atoms with van der Waals surface area (Å²) < 4.78 is 14.6. The zero-order chi connectivity index (χ0) is 13.8. The van der Waals surface area contributed by atoms with E-state index in [4.69, 9.17) is 23.2 Å². The summed E-state index contributed by atoms with van der Waals surface area (Å²) in [5.74, 6) is -0.475. The molecule has 0 heterocycles. The second kappa shape index (κ2) is 6.51. The van der Waals surface area contributed by atoms with Crippen LogP contribution < -0.4 is 0 Å². The fraction of sp³-hybridized carbons (Fsp3) is 0.0714. The topological polar surface area (TPSA) is 12.4 Å². The van der Waals surface area contributed by atoms with Crippen molar-refractivity contribution in [3.63, 3.8) is 0 Å². The van der Waals surface area contributed by atoms with E-state index in [0.717, 1.165) is 10.0 Å². The van der Waals surface area contributed by atoms with E-state index in [1.165, 1.54) is 12.1 Å². The number of hydrogen-bond donors (Lipinski definition) is 0. The Bertz CT molecular complexity index is 591. The van der Waals surface area contributed by atoms with Gasteiger partial charge in [-0.15, -0.1) is 0 Å². The third-order valence-corrected chi connectivity index (χ3v) is 3.63. The highest BCUT2D eigenvalue weighted by atomic mass is 79.9. The lowest BCUT2D eigenvalue weighted by Crippen LogP contribution is -1.98. The van der Waals surface area contributed by atoms with E-state index in [1.807, 2.05) is 24.3 Å². The Morgan fingerprint density at radius 3 is 2.47 bits per heavy atom. The molecule has 2 rings (SSSR count). The Balaban J connectivity index is 2.22. The molecule has 0 aliphatic carbocycles. The molecule has 98 valence electrons. The average Bonchev–Trinajstić information content (AvgIpc) is 2.38. The summed E-state index contributed by atoms with van der Waals surface area (Å²) in [4.78, 5) is 4.16. The van der Waals surface area contributed by atoms with Crippen LogP contribution in [0.5, 0.6) is 0 Å². The highest BCUT2D eigenvalue weighted by Gasteiger charge is 2.11. The van der Waals surface area contributed by atoms with Crippen LogP contribution in [0.25, 0.3) is 0 Å². The van der Waals surface area contributed by atoms with E-state index < -0.39 is 5.82 Å². The molecular formula is C14H9BrCl2FN. The van der Waals surface area contributed by atoms with Gasteiger partial charge < -0.3 is 0 Å². The zero-order valence-electron chi connectivity index (χ0n) is 9.71.